The molecule has 11 aromatic heterocycles. The molecule has 0 atom stereocenters. The molecular weight excluding hydrogens is 1570 g/mol. The minimum Gasteiger partial charge on any atom is -0.425 e. The van der Waals surface area contributed by atoms with E-state index in [0.29, 0.717) is 99.9 Å². The molecule has 0 radical (unpaired) electrons. The first-order chi connectivity index (χ1) is 55.8. The predicted octanol–water partition coefficient (Wildman–Crippen LogP) is 26.5. The van der Waals surface area contributed by atoms with E-state index in [1.807, 2.05) is 168 Å². The summed E-state index contributed by atoms with van der Waals surface area (Å²) in [7, 11) is 0. The molecule has 2 N–H and O–H groups in total. The van der Waals surface area contributed by atoms with Crippen molar-refractivity contribution < 1.29 is 18.1 Å². The van der Waals surface area contributed by atoms with Gasteiger partial charge in [0.1, 0.15) is 48.9 Å². The molecule has 27 nitrogen and oxygen atoms in total. The Morgan fingerprint density at radius 1 is 0.429 bits per heavy atom. The van der Waals surface area contributed by atoms with Gasteiger partial charge in [-0.15, -0.1) is 53.3 Å². The number of aromatic nitrogens is 23. The Kier molecular flexibility index (Phi) is 66.9. The van der Waals surface area contributed by atoms with E-state index in [1.54, 1.807) is 48.9 Å². The molecule has 1 aliphatic carbocycles. The molecule has 0 spiro atoms. The molecule has 11 heterocycles. The molecule has 0 saturated heterocycles. The number of thiazole rings is 1. The van der Waals surface area contributed by atoms with Gasteiger partial charge >= 0.3 is 0 Å². The lowest BCUT2D eigenvalue weighted by Gasteiger charge is -2.05. The average Bonchev–Trinajstić information content (AvgIpc) is 1.16. The zero-order valence-corrected chi connectivity index (χ0v) is 84.1. The highest BCUT2D eigenvalue weighted by molar-refractivity contribution is 7.11. The van der Waals surface area contributed by atoms with E-state index in [-0.39, 0.29) is 0 Å². The van der Waals surface area contributed by atoms with Gasteiger partial charge in [0.05, 0.1) is 11.2 Å². The summed E-state index contributed by atoms with van der Waals surface area (Å²) < 4.78 is 27.5. The molecule has 0 unspecified atom stereocenters. The monoisotopic (exact) mass is 1730 g/mol. The van der Waals surface area contributed by atoms with E-state index in [2.05, 4.69) is 283 Å². The number of hydrogen-bond acceptors (Lipinski definition) is 29. The van der Waals surface area contributed by atoms with E-state index >= 15 is 0 Å². The second-order valence-corrected chi connectivity index (χ2v) is 35.4. The lowest BCUT2D eigenvalue weighted by Crippen LogP contribution is -1.93. The van der Waals surface area contributed by atoms with Crippen molar-refractivity contribution in [1.29, 1.82) is 0 Å². The number of tetrazole rings is 1. The average molecular weight is 1730 g/mol. The highest BCUT2D eigenvalue weighted by atomic mass is 32.1. The van der Waals surface area contributed by atoms with Gasteiger partial charge in [0.2, 0.25) is 23.6 Å². The van der Waals surface area contributed by atoms with Gasteiger partial charge in [-0.2, -0.15) is 29.0 Å². The van der Waals surface area contributed by atoms with Gasteiger partial charge in [-0.1, -0.05) is 304 Å². The third-order valence-corrected chi connectivity index (χ3v) is 17.4. The Morgan fingerprint density at radius 2 is 0.958 bits per heavy atom. The summed E-state index contributed by atoms with van der Waals surface area (Å²) in [6, 6.07) is 16.2. The van der Waals surface area contributed by atoms with Crippen LogP contribution in [0.5, 0.6) is 0 Å². The fourth-order valence-electron chi connectivity index (χ4n) is 7.26. The fraction of sp³-hybridized carbons (Fsp3) is 0.648. The van der Waals surface area contributed by atoms with Crippen LogP contribution in [0.4, 0.5) is 0 Å². The van der Waals surface area contributed by atoms with Crippen LogP contribution < -0.4 is 0 Å². The summed E-state index contributed by atoms with van der Waals surface area (Å²) in [5, 5.41) is 54.6. The van der Waals surface area contributed by atoms with E-state index in [9.17, 15) is 0 Å². The molecule has 1 aromatic carbocycles. The van der Waals surface area contributed by atoms with Crippen molar-refractivity contribution in [1.82, 2.24) is 115 Å². The van der Waals surface area contributed by atoms with Crippen molar-refractivity contribution in [2.45, 2.75) is 369 Å². The molecule has 0 aliphatic heterocycles. The first-order valence-corrected chi connectivity index (χ1v) is 45.1. The Balaban J connectivity index is -0.000000597. The molecule has 670 valence electrons. The second-order valence-electron chi connectivity index (χ2n) is 31.4. The summed E-state index contributed by atoms with van der Waals surface area (Å²) >= 11 is 6.36. The Hall–Kier alpha value is -8.55. The molecule has 0 bridgehead atoms. The standard InChI is InChI=1S/C9H12.C7H11NS.C6H11N3.4C6H10N2O.3C6H10N2S.C5H5N.C5H12.C4H8N4.C4H8.3C2H6/c1-8(2)9-6-4-3-5-7-9;1-5(2)7-6(3)9-4-8-7;1-4(2)6-7-5(3)8-9-6;1-4(2)6-8-7-5(3)9-6;1-4(2)6-7-5(3)9-8-6;1-4(2)6-7-5(3)8-9-6;1-4(2)6-5(3)7-9-8-6;1-4(2)6-8-7-5(3)9-6;1-4(2)6-7-5(3)9-8-6;1-4(2)6-7-5(3)8-9-6;1-2-4-6-5-3-1;1-5(2,3)4;1-3(2)4-5-7-8-6-4;1-4-2-3-4;3*1-2/h3-8H,1-2H3;4-5H,1-3H3;4H,1-3H3,(H,7,8,9);7*4H,1-3H3;1-5H;1-4H3;3H,1-2H3,(H,5,6,7,8);4H,2-3H2,1H3;3*1-2H3. The highest BCUT2D eigenvalue weighted by Gasteiger charge is 2.14. The second kappa shape index (κ2) is 68.1. The lowest BCUT2D eigenvalue weighted by molar-refractivity contribution is 0.300. The summed E-state index contributed by atoms with van der Waals surface area (Å²) in [4.78, 5) is 30.0. The van der Waals surface area contributed by atoms with Gasteiger partial charge < -0.3 is 13.5 Å². The highest BCUT2D eigenvalue weighted by Crippen LogP contribution is 2.27. The van der Waals surface area contributed by atoms with E-state index in [0.717, 1.165) is 72.3 Å². The van der Waals surface area contributed by atoms with Crippen molar-refractivity contribution in [3.63, 3.8) is 0 Å². The maximum Gasteiger partial charge on any atom is 0.229 e. The van der Waals surface area contributed by atoms with Gasteiger partial charge in [0, 0.05) is 84.4 Å². The number of benzene rings is 1. The first-order valence-electron chi connectivity index (χ1n) is 41.8. The quantitative estimate of drug-likeness (QED) is 0.121. The predicted molar refractivity (Wildman–Crippen MR) is 495 cm³/mol. The maximum atomic E-state index is 5.12. The molecular formula is C88H155N23O4S4. The largest absolute Gasteiger partial charge is 0.425 e. The number of aromatic amines is 2. The normalized spacial score (nSPS) is 10.7. The van der Waals surface area contributed by atoms with Gasteiger partial charge in [0.15, 0.2) is 23.3 Å². The SMILES string of the molecule is CC.CC.CC.CC(C)(C)C.CC(C)c1ccccc1.CC(C)c1nn[nH]n1.CC1CC1.Cc1nc(C(C)C)n[nH]1.Cc1nc(C(C)C)no1.Cc1nc(C(C)C)ns1.Cc1nnc(C(C)C)o1.Cc1nnc(C(C)C)s1.Cc1noc(C(C)C)n1.Cc1nonc1C(C)C.Cc1nsc(C(C)C)n1.Cc1scnc1C(C)C.c1ccncc1. The molecule has 0 amide bonds. The third-order valence-electron chi connectivity index (χ3n) is 13.7. The maximum absolute atomic E-state index is 5.12. The Morgan fingerprint density at radius 3 is 1.16 bits per heavy atom. The minimum absolute atomic E-state index is 0.339. The van der Waals surface area contributed by atoms with Crippen molar-refractivity contribution in [3.8, 4) is 0 Å². The smallest absolute Gasteiger partial charge is 0.229 e. The summed E-state index contributed by atoms with van der Waals surface area (Å²) in [5.41, 5.74) is 6.92. The molecule has 1 saturated carbocycles. The molecule has 12 aromatic rings. The van der Waals surface area contributed by atoms with Crippen molar-refractivity contribution >= 4 is 45.7 Å². The molecule has 119 heavy (non-hydrogen) atoms. The lowest BCUT2D eigenvalue weighted by atomic mass is 10.0. The topological polar surface area (TPSA) is 355 Å². The Labute approximate surface area is 733 Å². The van der Waals surface area contributed by atoms with Crippen LogP contribution in [0, 0.1) is 73.6 Å². The number of nitrogens with one attached hydrogen (secondary N) is 2. The van der Waals surface area contributed by atoms with Gasteiger partial charge in [-0.3, -0.25) is 10.1 Å². The van der Waals surface area contributed by atoms with Crippen LogP contribution in [0.3, 0.4) is 0 Å². The zero-order valence-electron chi connectivity index (χ0n) is 80.9. The number of pyridine rings is 1. The van der Waals surface area contributed by atoms with Gasteiger partial charge in [0.25, 0.3) is 0 Å². The van der Waals surface area contributed by atoms with E-state index in [4.69, 9.17) is 13.5 Å². The number of hydrogen-bond donors (Lipinski definition) is 2. The van der Waals surface area contributed by atoms with E-state index < -0.39 is 0 Å². The molecule has 1 fully saturated rings. The number of H-pyrrole nitrogens is 2. The van der Waals surface area contributed by atoms with Crippen molar-refractivity contribution in [2.24, 2.45) is 11.3 Å². The van der Waals surface area contributed by atoms with Crippen molar-refractivity contribution in [3.05, 3.63) is 178 Å². The minimum atomic E-state index is 0.339. The summed E-state index contributed by atoms with van der Waals surface area (Å²) in [6.07, 6.45) is 6.47. The molecule has 31 heteroatoms. The van der Waals surface area contributed by atoms with E-state index in [1.165, 1.54) is 52.0 Å². The van der Waals surface area contributed by atoms with Crippen LogP contribution in [-0.2, 0) is 0 Å². The fourth-order valence-corrected chi connectivity index (χ4v) is 9.96. The van der Waals surface area contributed by atoms with Gasteiger partial charge in [-0.05, 0) is 112 Å². The van der Waals surface area contributed by atoms with Crippen LogP contribution in [-0.4, -0.2) is 115 Å². The van der Waals surface area contributed by atoms with Crippen molar-refractivity contribution in [2.75, 3.05) is 0 Å². The molecule has 1 aliphatic rings. The summed E-state index contributed by atoms with van der Waals surface area (Å²) in [6.45, 7) is 86.1. The Bertz CT molecular complexity index is 3680. The number of rotatable bonds is 11. The number of nitrogens with zero attached hydrogens (tertiary/aromatic N) is 21. The summed E-state index contributed by atoms with van der Waals surface area (Å²) in [5.74, 6) is 14.7. The van der Waals surface area contributed by atoms with Crippen LogP contribution >= 0.6 is 45.7 Å². The molecule has 13 rings (SSSR count). The third kappa shape index (κ3) is 62.3. The number of aryl methyl sites for hydroxylation is 9. The van der Waals surface area contributed by atoms with Gasteiger partial charge in [-0.25, -0.2) is 24.6 Å². The van der Waals surface area contributed by atoms with Crippen LogP contribution in [0.25, 0.3) is 0 Å². The van der Waals surface area contributed by atoms with Crippen LogP contribution in [0.2, 0.25) is 0 Å². The van der Waals surface area contributed by atoms with Crippen LogP contribution in [0.15, 0.2) is 84.5 Å². The zero-order chi connectivity index (χ0) is 92.1. The first kappa shape index (κ1) is 117. The van der Waals surface area contributed by atoms with Crippen LogP contribution in [0.1, 0.15) is 418 Å².